The predicted octanol–water partition coefficient (Wildman–Crippen LogP) is 3.03. The number of carbonyl (C=O) groups is 1. The summed E-state index contributed by atoms with van der Waals surface area (Å²) in [7, 11) is 1.64. The van der Waals surface area contributed by atoms with Crippen LogP contribution < -0.4 is 16.4 Å². The van der Waals surface area contributed by atoms with E-state index < -0.39 is 6.09 Å². The van der Waals surface area contributed by atoms with Gasteiger partial charge in [-0.3, -0.25) is 5.32 Å². The van der Waals surface area contributed by atoms with Crippen molar-refractivity contribution in [3.63, 3.8) is 0 Å². The van der Waals surface area contributed by atoms with Crippen LogP contribution in [0, 0.1) is 0 Å². The Balaban J connectivity index is 2.11. The van der Waals surface area contributed by atoms with Crippen LogP contribution in [0.3, 0.4) is 0 Å². The summed E-state index contributed by atoms with van der Waals surface area (Å²) in [6, 6.07) is 13.3. The molecule has 0 radical (unpaired) electrons. The molecule has 1 aromatic carbocycles. The van der Waals surface area contributed by atoms with Crippen LogP contribution in [-0.2, 0) is 9.47 Å². The molecular weight excluding hydrogens is 308 g/mol. The molecule has 0 saturated heterocycles. The first-order valence-electron chi connectivity index (χ1n) is 7.64. The standard InChI is InChI=1S/C17H22N4O3/c1-3-24-17(22)20-13-9-10-15(21-16(13)18)19-14(11-23-2)12-7-5-4-6-8-12/h4-10,14H,3,11H2,1-2H3,(H,20,22)(H3,18,19,21). The van der Waals surface area contributed by atoms with E-state index in [1.165, 1.54) is 0 Å². The fourth-order valence-corrected chi connectivity index (χ4v) is 2.19. The molecule has 0 aliphatic heterocycles. The number of rotatable bonds is 7. The Morgan fingerprint density at radius 1 is 1.25 bits per heavy atom. The van der Waals surface area contributed by atoms with Crippen molar-refractivity contribution in [1.82, 2.24) is 4.98 Å². The number of anilines is 3. The molecule has 0 aliphatic carbocycles. The summed E-state index contributed by atoms with van der Waals surface area (Å²) in [6.07, 6.45) is -0.562. The molecule has 7 nitrogen and oxygen atoms in total. The van der Waals surface area contributed by atoms with Gasteiger partial charge in [0.2, 0.25) is 0 Å². The number of hydrogen-bond donors (Lipinski definition) is 3. The molecule has 1 amide bonds. The Morgan fingerprint density at radius 3 is 2.62 bits per heavy atom. The van der Waals surface area contributed by atoms with Gasteiger partial charge in [-0.15, -0.1) is 0 Å². The third-order valence-electron chi connectivity index (χ3n) is 3.29. The number of methoxy groups -OCH3 is 1. The maximum absolute atomic E-state index is 11.4. The Labute approximate surface area is 141 Å². The number of carbonyl (C=O) groups excluding carboxylic acids is 1. The molecule has 0 saturated carbocycles. The number of amides is 1. The first-order valence-corrected chi connectivity index (χ1v) is 7.64. The van der Waals surface area contributed by atoms with Gasteiger partial charge in [-0.05, 0) is 24.6 Å². The molecule has 7 heteroatoms. The Kier molecular flexibility index (Phi) is 6.39. The van der Waals surface area contributed by atoms with E-state index >= 15 is 0 Å². The van der Waals surface area contributed by atoms with Gasteiger partial charge in [-0.1, -0.05) is 30.3 Å². The summed E-state index contributed by atoms with van der Waals surface area (Å²) in [5.74, 6) is 0.796. The van der Waals surface area contributed by atoms with Crippen LogP contribution in [0.1, 0.15) is 18.5 Å². The summed E-state index contributed by atoms with van der Waals surface area (Å²) >= 11 is 0. The average molecular weight is 330 g/mol. The second-order valence-corrected chi connectivity index (χ2v) is 5.04. The third kappa shape index (κ3) is 4.85. The minimum absolute atomic E-state index is 0.0630. The van der Waals surface area contributed by atoms with E-state index in [2.05, 4.69) is 15.6 Å². The van der Waals surface area contributed by atoms with Crippen molar-refractivity contribution in [2.75, 3.05) is 36.7 Å². The van der Waals surface area contributed by atoms with Crippen LogP contribution in [0.2, 0.25) is 0 Å². The minimum atomic E-state index is -0.562. The molecule has 128 valence electrons. The van der Waals surface area contributed by atoms with Gasteiger partial charge < -0.3 is 20.5 Å². The smallest absolute Gasteiger partial charge is 0.411 e. The van der Waals surface area contributed by atoms with Crippen molar-refractivity contribution >= 4 is 23.4 Å². The van der Waals surface area contributed by atoms with Crippen molar-refractivity contribution < 1.29 is 14.3 Å². The minimum Gasteiger partial charge on any atom is -0.450 e. The Morgan fingerprint density at radius 2 is 2.00 bits per heavy atom. The number of ether oxygens (including phenoxy) is 2. The first kappa shape index (κ1) is 17.6. The van der Waals surface area contributed by atoms with Crippen LogP contribution in [-0.4, -0.2) is 31.4 Å². The molecule has 4 N–H and O–H groups in total. The fraction of sp³-hybridized carbons (Fsp3) is 0.294. The SMILES string of the molecule is CCOC(=O)Nc1ccc(NC(COC)c2ccccc2)nc1N. The zero-order valence-corrected chi connectivity index (χ0v) is 13.8. The second kappa shape index (κ2) is 8.73. The van der Waals surface area contributed by atoms with Gasteiger partial charge in [0.05, 0.1) is 24.9 Å². The average Bonchev–Trinajstić information content (AvgIpc) is 2.58. The molecular formula is C17H22N4O3. The van der Waals surface area contributed by atoms with Crippen molar-refractivity contribution in [2.24, 2.45) is 0 Å². The lowest BCUT2D eigenvalue weighted by Crippen LogP contribution is -2.18. The predicted molar refractivity (Wildman–Crippen MR) is 94.0 cm³/mol. The van der Waals surface area contributed by atoms with E-state index in [1.807, 2.05) is 30.3 Å². The van der Waals surface area contributed by atoms with Gasteiger partial charge in [-0.25, -0.2) is 9.78 Å². The van der Waals surface area contributed by atoms with E-state index in [4.69, 9.17) is 15.2 Å². The van der Waals surface area contributed by atoms with Gasteiger partial charge >= 0.3 is 6.09 Å². The van der Waals surface area contributed by atoms with Gasteiger partial charge in [0, 0.05) is 7.11 Å². The molecule has 1 unspecified atom stereocenters. The van der Waals surface area contributed by atoms with Gasteiger partial charge in [0.15, 0.2) is 0 Å². The van der Waals surface area contributed by atoms with Gasteiger partial charge in [-0.2, -0.15) is 0 Å². The van der Waals surface area contributed by atoms with Crippen LogP contribution in [0.4, 0.5) is 22.1 Å². The third-order valence-corrected chi connectivity index (χ3v) is 3.29. The summed E-state index contributed by atoms with van der Waals surface area (Å²) in [5, 5.41) is 5.83. The summed E-state index contributed by atoms with van der Waals surface area (Å²) in [6.45, 7) is 2.50. The zero-order valence-electron chi connectivity index (χ0n) is 13.8. The maximum Gasteiger partial charge on any atom is 0.411 e. The molecule has 0 fully saturated rings. The monoisotopic (exact) mass is 330 g/mol. The maximum atomic E-state index is 11.4. The van der Waals surface area contributed by atoms with Crippen molar-refractivity contribution in [2.45, 2.75) is 13.0 Å². The summed E-state index contributed by atoms with van der Waals surface area (Å²) in [4.78, 5) is 15.7. The number of aromatic nitrogens is 1. The number of nitrogens with zero attached hydrogens (tertiary/aromatic N) is 1. The largest absolute Gasteiger partial charge is 0.450 e. The van der Waals surface area contributed by atoms with E-state index in [0.717, 1.165) is 5.56 Å². The number of nitrogen functional groups attached to an aromatic ring is 1. The number of nitrogens with two attached hydrogens (primary N) is 1. The molecule has 24 heavy (non-hydrogen) atoms. The lowest BCUT2D eigenvalue weighted by Gasteiger charge is -2.19. The number of benzene rings is 1. The number of hydrogen-bond acceptors (Lipinski definition) is 6. The van der Waals surface area contributed by atoms with Crippen LogP contribution in [0.5, 0.6) is 0 Å². The van der Waals surface area contributed by atoms with Crippen LogP contribution in [0.15, 0.2) is 42.5 Å². The molecule has 1 atom stereocenters. The van der Waals surface area contributed by atoms with Crippen molar-refractivity contribution in [3.05, 3.63) is 48.0 Å². The van der Waals surface area contributed by atoms with E-state index in [0.29, 0.717) is 18.1 Å². The molecule has 2 rings (SSSR count). The summed E-state index contributed by atoms with van der Waals surface area (Å²) in [5.41, 5.74) is 7.38. The second-order valence-electron chi connectivity index (χ2n) is 5.04. The normalized spacial score (nSPS) is 11.6. The fourth-order valence-electron chi connectivity index (χ4n) is 2.19. The molecule has 0 aliphatic rings. The molecule has 0 bridgehead atoms. The lowest BCUT2D eigenvalue weighted by molar-refractivity contribution is 0.168. The number of pyridine rings is 1. The molecule has 0 spiro atoms. The quantitative estimate of drug-likeness (QED) is 0.722. The molecule has 1 heterocycles. The lowest BCUT2D eigenvalue weighted by atomic mass is 10.1. The van der Waals surface area contributed by atoms with E-state index in [-0.39, 0.29) is 18.5 Å². The highest BCUT2D eigenvalue weighted by Gasteiger charge is 2.13. The van der Waals surface area contributed by atoms with Crippen LogP contribution in [0.25, 0.3) is 0 Å². The van der Waals surface area contributed by atoms with Gasteiger partial charge in [0.25, 0.3) is 0 Å². The van der Waals surface area contributed by atoms with Crippen molar-refractivity contribution in [3.8, 4) is 0 Å². The summed E-state index contributed by atoms with van der Waals surface area (Å²) < 4.78 is 10.1. The zero-order chi connectivity index (χ0) is 17.4. The highest BCUT2D eigenvalue weighted by molar-refractivity contribution is 5.88. The molecule has 1 aromatic heterocycles. The van der Waals surface area contributed by atoms with Crippen LogP contribution >= 0.6 is 0 Å². The highest BCUT2D eigenvalue weighted by Crippen LogP contribution is 2.23. The Bertz CT molecular complexity index is 664. The highest BCUT2D eigenvalue weighted by atomic mass is 16.5. The Hall–Kier alpha value is -2.80. The van der Waals surface area contributed by atoms with Gasteiger partial charge in [0.1, 0.15) is 11.6 Å². The van der Waals surface area contributed by atoms with E-state index in [1.54, 1.807) is 26.2 Å². The number of nitrogens with one attached hydrogen (secondary N) is 2. The van der Waals surface area contributed by atoms with E-state index in [9.17, 15) is 4.79 Å². The topological polar surface area (TPSA) is 98.5 Å². The van der Waals surface area contributed by atoms with Crippen molar-refractivity contribution in [1.29, 1.82) is 0 Å². The molecule has 2 aromatic rings. The first-order chi connectivity index (χ1) is 11.6.